The maximum Gasteiger partial charge on any atom is 0.326 e. The van der Waals surface area contributed by atoms with Crippen LogP contribution in [0.3, 0.4) is 0 Å². The molecule has 5 nitrogen and oxygen atoms in total. The number of amides is 2. The zero-order chi connectivity index (χ0) is 14.4. The first-order chi connectivity index (χ1) is 8.93. The molecule has 0 radical (unpaired) electrons. The number of aliphatic carboxylic acids is 1. The molecule has 1 aromatic rings. The maximum atomic E-state index is 13.0. The van der Waals surface area contributed by atoms with Crippen LogP contribution in [0, 0.1) is 5.82 Å². The fourth-order valence-corrected chi connectivity index (χ4v) is 1.46. The highest BCUT2D eigenvalue weighted by molar-refractivity contribution is 6.33. The van der Waals surface area contributed by atoms with Crippen molar-refractivity contribution in [3.63, 3.8) is 0 Å². The minimum absolute atomic E-state index is 0.0573. The van der Waals surface area contributed by atoms with Crippen LogP contribution >= 0.6 is 11.6 Å². The Bertz CT molecular complexity index is 508. The van der Waals surface area contributed by atoms with E-state index in [2.05, 4.69) is 17.2 Å². The molecule has 1 atom stereocenters. The molecule has 0 fully saturated rings. The van der Waals surface area contributed by atoms with Crippen LogP contribution in [0.2, 0.25) is 5.02 Å². The van der Waals surface area contributed by atoms with Gasteiger partial charge in [0.05, 0.1) is 10.7 Å². The van der Waals surface area contributed by atoms with E-state index >= 15 is 0 Å². The average molecular weight is 287 g/mol. The fraction of sp³-hybridized carbons (Fsp3) is 0.167. The number of halogens is 2. The lowest BCUT2D eigenvalue weighted by atomic mass is 10.2. The molecule has 7 heteroatoms. The monoisotopic (exact) mass is 286 g/mol. The Balaban J connectivity index is 2.71. The van der Waals surface area contributed by atoms with Gasteiger partial charge in [-0.25, -0.2) is 14.0 Å². The molecule has 0 aliphatic carbocycles. The lowest BCUT2D eigenvalue weighted by molar-refractivity contribution is -0.139. The zero-order valence-electron chi connectivity index (χ0n) is 9.82. The van der Waals surface area contributed by atoms with Crippen LogP contribution in [-0.2, 0) is 4.79 Å². The quantitative estimate of drug-likeness (QED) is 0.728. The second kappa shape index (κ2) is 6.75. The van der Waals surface area contributed by atoms with Gasteiger partial charge in [0.15, 0.2) is 0 Å². The lowest BCUT2D eigenvalue weighted by Crippen LogP contribution is -2.42. The highest BCUT2D eigenvalue weighted by atomic mass is 35.5. The van der Waals surface area contributed by atoms with Gasteiger partial charge in [-0.1, -0.05) is 17.7 Å². The summed E-state index contributed by atoms with van der Waals surface area (Å²) >= 11 is 5.76. The molecule has 0 bridgehead atoms. The first-order valence-electron chi connectivity index (χ1n) is 5.30. The lowest BCUT2D eigenvalue weighted by Gasteiger charge is -2.14. The number of rotatable bonds is 5. The molecule has 0 spiro atoms. The van der Waals surface area contributed by atoms with E-state index in [9.17, 15) is 14.0 Å². The van der Waals surface area contributed by atoms with Crippen LogP contribution in [0.1, 0.15) is 6.42 Å². The third-order valence-electron chi connectivity index (χ3n) is 2.18. The molecule has 19 heavy (non-hydrogen) atoms. The molecule has 1 unspecified atom stereocenters. The summed E-state index contributed by atoms with van der Waals surface area (Å²) in [6.45, 7) is 3.39. The minimum Gasteiger partial charge on any atom is -0.480 e. The number of carboxylic acids is 1. The largest absolute Gasteiger partial charge is 0.480 e. The Morgan fingerprint density at radius 1 is 1.53 bits per heavy atom. The highest BCUT2D eigenvalue weighted by Crippen LogP contribution is 2.22. The predicted octanol–water partition coefficient (Wildman–Crippen LogP) is 2.63. The summed E-state index contributed by atoms with van der Waals surface area (Å²) in [5.41, 5.74) is 0.0573. The fourth-order valence-electron chi connectivity index (χ4n) is 1.30. The van der Waals surface area contributed by atoms with E-state index in [1.807, 2.05) is 0 Å². The number of hydrogen-bond donors (Lipinski definition) is 3. The van der Waals surface area contributed by atoms with Gasteiger partial charge in [-0.15, -0.1) is 6.58 Å². The summed E-state index contributed by atoms with van der Waals surface area (Å²) in [6.07, 6.45) is 1.44. The maximum absolute atomic E-state index is 13.0. The Labute approximate surface area is 114 Å². The molecule has 0 aliphatic rings. The van der Waals surface area contributed by atoms with Gasteiger partial charge >= 0.3 is 12.0 Å². The van der Waals surface area contributed by atoms with Crippen LogP contribution in [0.25, 0.3) is 0 Å². The van der Waals surface area contributed by atoms with Crippen molar-refractivity contribution in [3.05, 3.63) is 41.7 Å². The molecule has 0 heterocycles. The normalized spacial score (nSPS) is 11.5. The average Bonchev–Trinajstić information content (AvgIpc) is 2.33. The molecule has 1 rings (SSSR count). The van der Waals surface area contributed by atoms with Crippen molar-refractivity contribution in [1.82, 2.24) is 5.32 Å². The second-order valence-corrected chi connectivity index (χ2v) is 4.05. The van der Waals surface area contributed by atoms with E-state index in [4.69, 9.17) is 16.7 Å². The SMILES string of the molecule is C=CCC(NC(=O)Nc1cc(F)ccc1Cl)C(=O)O. The first-order valence-corrected chi connectivity index (χ1v) is 5.68. The molecule has 0 aromatic heterocycles. The Kier molecular flexibility index (Phi) is 5.32. The van der Waals surface area contributed by atoms with Crippen LogP contribution < -0.4 is 10.6 Å². The standard InChI is InChI=1S/C12H12ClFN2O3/c1-2-3-9(11(17)18)15-12(19)16-10-6-7(14)4-5-8(10)13/h2,4-6,9H,1,3H2,(H,17,18)(H2,15,16,19). The van der Waals surface area contributed by atoms with Crippen molar-refractivity contribution in [1.29, 1.82) is 0 Å². The summed E-state index contributed by atoms with van der Waals surface area (Å²) in [7, 11) is 0. The highest BCUT2D eigenvalue weighted by Gasteiger charge is 2.18. The van der Waals surface area contributed by atoms with Gasteiger partial charge < -0.3 is 15.7 Å². The van der Waals surface area contributed by atoms with E-state index in [0.717, 1.165) is 12.1 Å². The smallest absolute Gasteiger partial charge is 0.326 e. The van der Waals surface area contributed by atoms with Crippen molar-refractivity contribution in [2.75, 3.05) is 5.32 Å². The van der Waals surface area contributed by atoms with Gasteiger partial charge in [0.2, 0.25) is 0 Å². The van der Waals surface area contributed by atoms with Crippen molar-refractivity contribution in [2.24, 2.45) is 0 Å². The molecule has 0 saturated carbocycles. The number of anilines is 1. The molecule has 102 valence electrons. The molecule has 0 aliphatic heterocycles. The van der Waals surface area contributed by atoms with Crippen LogP contribution in [0.15, 0.2) is 30.9 Å². The Hall–Kier alpha value is -2.08. The summed E-state index contributed by atoms with van der Waals surface area (Å²) < 4.78 is 13.0. The van der Waals surface area contributed by atoms with Crippen LogP contribution in [0.4, 0.5) is 14.9 Å². The van der Waals surface area contributed by atoms with E-state index < -0.39 is 23.9 Å². The number of urea groups is 1. The summed E-state index contributed by atoms with van der Waals surface area (Å²) in [5, 5.41) is 13.5. The second-order valence-electron chi connectivity index (χ2n) is 3.64. The zero-order valence-corrected chi connectivity index (χ0v) is 10.6. The van der Waals surface area contributed by atoms with E-state index in [0.29, 0.717) is 0 Å². The molecule has 2 amide bonds. The van der Waals surface area contributed by atoms with Crippen LogP contribution in [-0.4, -0.2) is 23.1 Å². The first kappa shape index (κ1) is 15.0. The summed E-state index contributed by atoms with van der Waals surface area (Å²) in [6, 6.07) is 1.56. The van der Waals surface area contributed by atoms with Gasteiger partial charge in [0, 0.05) is 0 Å². The minimum atomic E-state index is -1.19. The Morgan fingerprint density at radius 3 is 2.79 bits per heavy atom. The van der Waals surface area contributed by atoms with Gasteiger partial charge in [0.1, 0.15) is 11.9 Å². The molecule has 0 saturated heterocycles. The summed E-state index contributed by atoms with van der Waals surface area (Å²) in [5.74, 6) is -1.76. The number of benzene rings is 1. The number of hydrogen-bond acceptors (Lipinski definition) is 2. The van der Waals surface area contributed by atoms with Crippen molar-refractivity contribution < 1.29 is 19.1 Å². The third kappa shape index (κ3) is 4.59. The third-order valence-corrected chi connectivity index (χ3v) is 2.51. The van der Waals surface area contributed by atoms with Gasteiger partial charge in [-0.3, -0.25) is 0 Å². The van der Waals surface area contributed by atoms with E-state index in [-0.39, 0.29) is 17.1 Å². The Morgan fingerprint density at radius 2 is 2.21 bits per heavy atom. The van der Waals surface area contributed by atoms with E-state index in [1.54, 1.807) is 0 Å². The van der Waals surface area contributed by atoms with Gasteiger partial charge in [0.25, 0.3) is 0 Å². The molecular weight excluding hydrogens is 275 g/mol. The van der Waals surface area contributed by atoms with Crippen LogP contribution in [0.5, 0.6) is 0 Å². The van der Waals surface area contributed by atoms with Crippen molar-refractivity contribution in [3.8, 4) is 0 Å². The number of carbonyl (C=O) groups is 2. The topological polar surface area (TPSA) is 78.4 Å². The summed E-state index contributed by atoms with van der Waals surface area (Å²) in [4.78, 5) is 22.4. The number of nitrogens with one attached hydrogen (secondary N) is 2. The van der Waals surface area contributed by atoms with Gasteiger partial charge in [-0.2, -0.15) is 0 Å². The number of carbonyl (C=O) groups excluding carboxylic acids is 1. The predicted molar refractivity (Wildman–Crippen MR) is 69.8 cm³/mol. The molecule has 3 N–H and O–H groups in total. The molecular formula is C12H12ClFN2O3. The van der Waals surface area contributed by atoms with Crippen molar-refractivity contribution in [2.45, 2.75) is 12.5 Å². The van der Waals surface area contributed by atoms with E-state index in [1.165, 1.54) is 12.1 Å². The van der Waals surface area contributed by atoms with Gasteiger partial charge in [-0.05, 0) is 24.6 Å². The van der Waals surface area contributed by atoms with Crippen molar-refractivity contribution >= 4 is 29.3 Å². The molecule has 1 aromatic carbocycles. The number of carboxylic acid groups (broad SMARTS) is 1.